The van der Waals surface area contributed by atoms with E-state index in [1.165, 1.54) is 10.9 Å². The highest BCUT2D eigenvalue weighted by Gasteiger charge is 2.21. The lowest BCUT2D eigenvalue weighted by Gasteiger charge is -2.10. The van der Waals surface area contributed by atoms with Gasteiger partial charge in [0.15, 0.2) is 0 Å². The molecule has 0 aliphatic heterocycles. The van der Waals surface area contributed by atoms with Gasteiger partial charge in [-0.25, -0.2) is 9.78 Å². The third-order valence-corrected chi connectivity index (χ3v) is 5.67. The van der Waals surface area contributed by atoms with Gasteiger partial charge in [0, 0.05) is 6.61 Å². The van der Waals surface area contributed by atoms with Gasteiger partial charge < -0.3 is 14.8 Å². The van der Waals surface area contributed by atoms with Crippen molar-refractivity contribution in [2.24, 2.45) is 0 Å². The van der Waals surface area contributed by atoms with Gasteiger partial charge in [-0.05, 0) is 38.5 Å². The molecule has 0 fully saturated rings. The Balaban J connectivity index is 1.92. The van der Waals surface area contributed by atoms with Crippen molar-refractivity contribution in [2.45, 2.75) is 27.3 Å². The minimum Gasteiger partial charge on any atom is -0.462 e. The number of benzene rings is 1. The Morgan fingerprint density at radius 3 is 2.70 bits per heavy atom. The van der Waals surface area contributed by atoms with E-state index in [4.69, 9.17) is 9.47 Å². The molecular weight excluding hydrogens is 406 g/mol. The second kappa shape index (κ2) is 9.64. The van der Waals surface area contributed by atoms with Gasteiger partial charge in [0.2, 0.25) is 0 Å². The van der Waals surface area contributed by atoms with Crippen LogP contribution < -0.4 is 10.9 Å². The maximum absolute atomic E-state index is 12.9. The summed E-state index contributed by atoms with van der Waals surface area (Å²) in [5, 5.41) is 3.18. The summed E-state index contributed by atoms with van der Waals surface area (Å²) in [5.74, 6) is -0.923. The number of aryl methyl sites for hydroxylation is 1. The molecule has 0 spiro atoms. The first-order chi connectivity index (χ1) is 14.5. The predicted molar refractivity (Wildman–Crippen MR) is 115 cm³/mol. The maximum Gasteiger partial charge on any atom is 0.340 e. The molecule has 158 valence electrons. The molecule has 1 N–H and O–H groups in total. The average molecular weight is 429 g/mol. The Kier molecular flexibility index (Phi) is 6.96. The van der Waals surface area contributed by atoms with Crippen LogP contribution >= 0.6 is 11.3 Å². The Morgan fingerprint density at radius 1 is 1.20 bits per heavy atom. The number of hydrogen-bond donors (Lipinski definition) is 1. The zero-order valence-electron chi connectivity index (χ0n) is 17.1. The number of carbonyl (C=O) groups excluding carboxylic acids is 2. The molecule has 8 nitrogen and oxygen atoms in total. The van der Waals surface area contributed by atoms with Gasteiger partial charge in [0.1, 0.15) is 4.83 Å². The monoisotopic (exact) mass is 429 g/mol. The van der Waals surface area contributed by atoms with Crippen molar-refractivity contribution in [1.82, 2.24) is 9.55 Å². The fourth-order valence-corrected chi connectivity index (χ4v) is 4.03. The standard InChI is InChI=1S/C21H23N3O5S/c1-4-28-11-10-24-12-22-19-16(20(24)26)13(3)17(30-19)18(25)23-15-9-7-6-8-14(15)21(27)29-5-2/h6-9,12H,4-5,10-11H2,1-3H3,(H,23,25). The number of fused-ring (bicyclic) bond motifs is 1. The molecule has 9 heteroatoms. The molecule has 1 amide bonds. The number of ether oxygens (including phenoxy) is 2. The van der Waals surface area contributed by atoms with Crippen LogP contribution in [0.2, 0.25) is 0 Å². The van der Waals surface area contributed by atoms with Crippen molar-refractivity contribution in [3.63, 3.8) is 0 Å². The van der Waals surface area contributed by atoms with E-state index in [2.05, 4.69) is 10.3 Å². The minimum absolute atomic E-state index is 0.209. The zero-order chi connectivity index (χ0) is 21.7. The number of esters is 1. The molecule has 0 radical (unpaired) electrons. The molecule has 0 bridgehead atoms. The van der Waals surface area contributed by atoms with Gasteiger partial charge >= 0.3 is 5.97 Å². The van der Waals surface area contributed by atoms with E-state index >= 15 is 0 Å². The van der Waals surface area contributed by atoms with Crippen LogP contribution in [0.3, 0.4) is 0 Å². The summed E-state index contributed by atoms with van der Waals surface area (Å²) >= 11 is 1.14. The van der Waals surface area contributed by atoms with Crippen LogP contribution in [0.4, 0.5) is 5.69 Å². The lowest BCUT2D eigenvalue weighted by Crippen LogP contribution is -2.23. The van der Waals surface area contributed by atoms with Crippen molar-refractivity contribution in [2.75, 3.05) is 25.1 Å². The van der Waals surface area contributed by atoms with Crippen LogP contribution in [0.1, 0.15) is 39.4 Å². The molecule has 1 aromatic carbocycles. The van der Waals surface area contributed by atoms with E-state index in [1.807, 2.05) is 6.92 Å². The highest BCUT2D eigenvalue weighted by Crippen LogP contribution is 2.28. The van der Waals surface area contributed by atoms with E-state index in [1.54, 1.807) is 38.1 Å². The van der Waals surface area contributed by atoms with E-state index in [-0.39, 0.29) is 17.7 Å². The Bertz CT molecular complexity index is 1140. The largest absolute Gasteiger partial charge is 0.462 e. The first-order valence-corrected chi connectivity index (χ1v) is 10.4. The Labute approximate surface area is 177 Å². The number of aromatic nitrogens is 2. The highest BCUT2D eigenvalue weighted by atomic mass is 32.1. The number of para-hydroxylation sites is 1. The van der Waals surface area contributed by atoms with Crippen molar-refractivity contribution in [1.29, 1.82) is 0 Å². The van der Waals surface area contributed by atoms with E-state index in [0.29, 0.717) is 46.1 Å². The van der Waals surface area contributed by atoms with Crippen LogP contribution in [-0.4, -0.2) is 41.2 Å². The minimum atomic E-state index is -0.514. The summed E-state index contributed by atoms with van der Waals surface area (Å²) < 4.78 is 11.8. The number of amides is 1. The van der Waals surface area contributed by atoms with Gasteiger partial charge in [-0.15, -0.1) is 11.3 Å². The predicted octanol–water partition coefficient (Wildman–Crippen LogP) is 3.23. The topological polar surface area (TPSA) is 99.5 Å². The van der Waals surface area contributed by atoms with Crippen LogP contribution in [0.25, 0.3) is 10.2 Å². The normalized spacial score (nSPS) is 10.9. The van der Waals surface area contributed by atoms with Crippen molar-refractivity contribution in [3.05, 3.63) is 57.0 Å². The molecule has 2 heterocycles. The van der Waals surface area contributed by atoms with Gasteiger partial charge in [-0.3, -0.25) is 14.2 Å². The van der Waals surface area contributed by atoms with Crippen LogP contribution in [0.15, 0.2) is 35.4 Å². The number of rotatable bonds is 8. The average Bonchev–Trinajstić information content (AvgIpc) is 3.07. The van der Waals surface area contributed by atoms with Crippen LogP contribution in [-0.2, 0) is 16.0 Å². The van der Waals surface area contributed by atoms with Crippen molar-refractivity contribution < 1.29 is 19.1 Å². The van der Waals surface area contributed by atoms with E-state index < -0.39 is 11.9 Å². The number of anilines is 1. The Hall–Kier alpha value is -3.04. The first-order valence-electron chi connectivity index (χ1n) is 9.61. The highest BCUT2D eigenvalue weighted by molar-refractivity contribution is 7.20. The Morgan fingerprint density at radius 2 is 1.97 bits per heavy atom. The molecule has 30 heavy (non-hydrogen) atoms. The number of carbonyl (C=O) groups is 2. The van der Waals surface area contributed by atoms with Gasteiger partial charge in [0.25, 0.3) is 11.5 Å². The van der Waals surface area contributed by atoms with Crippen molar-refractivity contribution in [3.8, 4) is 0 Å². The quantitative estimate of drug-likeness (QED) is 0.436. The summed E-state index contributed by atoms with van der Waals surface area (Å²) in [7, 11) is 0. The lowest BCUT2D eigenvalue weighted by molar-refractivity contribution is 0.0527. The second-order valence-electron chi connectivity index (χ2n) is 6.40. The third-order valence-electron chi connectivity index (χ3n) is 4.47. The van der Waals surface area contributed by atoms with Crippen molar-refractivity contribution >= 4 is 39.1 Å². The zero-order valence-corrected chi connectivity index (χ0v) is 17.9. The molecule has 0 saturated heterocycles. The molecule has 3 aromatic rings. The van der Waals surface area contributed by atoms with Crippen LogP contribution in [0.5, 0.6) is 0 Å². The lowest BCUT2D eigenvalue weighted by atomic mass is 10.1. The number of hydrogen-bond acceptors (Lipinski definition) is 7. The summed E-state index contributed by atoms with van der Waals surface area (Å²) in [4.78, 5) is 43.1. The first kappa shape index (κ1) is 21.7. The molecule has 0 aliphatic rings. The van der Waals surface area contributed by atoms with E-state index in [9.17, 15) is 14.4 Å². The van der Waals surface area contributed by atoms with Crippen LogP contribution in [0, 0.1) is 6.92 Å². The van der Waals surface area contributed by atoms with Gasteiger partial charge in [-0.2, -0.15) is 0 Å². The smallest absolute Gasteiger partial charge is 0.340 e. The number of nitrogens with zero attached hydrogens (tertiary/aromatic N) is 2. The molecule has 3 rings (SSSR count). The summed E-state index contributed by atoms with van der Waals surface area (Å²) in [5.41, 5.74) is 0.964. The third kappa shape index (κ3) is 4.42. The molecule has 2 aromatic heterocycles. The van der Waals surface area contributed by atoms with Gasteiger partial charge in [0.05, 0.1) is 47.6 Å². The number of nitrogens with one attached hydrogen (secondary N) is 1. The molecular formula is C21H23N3O5S. The van der Waals surface area contributed by atoms with E-state index in [0.717, 1.165) is 11.3 Å². The molecule has 0 saturated carbocycles. The molecule has 0 unspecified atom stereocenters. The maximum atomic E-state index is 12.9. The number of thiophene rings is 1. The SMILES string of the molecule is CCOCCn1cnc2sc(C(=O)Nc3ccccc3C(=O)OCC)c(C)c2c1=O. The van der Waals surface area contributed by atoms with Gasteiger partial charge in [-0.1, -0.05) is 12.1 Å². The fourth-order valence-electron chi connectivity index (χ4n) is 3.00. The summed E-state index contributed by atoms with van der Waals surface area (Å²) in [6.07, 6.45) is 1.47. The summed E-state index contributed by atoms with van der Waals surface area (Å²) in [6.45, 7) is 6.92. The molecule has 0 aliphatic carbocycles. The molecule has 0 atom stereocenters. The summed E-state index contributed by atoms with van der Waals surface area (Å²) in [6, 6.07) is 6.63. The fraction of sp³-hybridized carbons (Fsp3) is 0.333. The second-order valence-corrected chi connectivity index (χ2v) is 7.40.